The first kappa shape index (κ1) is 6.62. The van der Waals surface area contributed by atoms with E-state index in [1.54, 1.807) is 0 Å². The van der Waals surface area contributed by atoms with E-state index in [4.69, 9.17) is 0 Å². The fourth-order valence-corrected chi connectivity index (χ4v) is 1.37. The van der Waals surface area contributed by atoms with Crippen LogP contribution in [0.4, 0.5) is 0 Å². The van der Waals surface area contributed by atoms with Gasteiger partial charge in [-0.3, -0.25) is 4.90 Å². The fourth-order valence-electron chi connectivity index (χ4n) is 1.37. The lowest BCUT2D eigenvalue weighted by Gasteiger charge is -2.26. The highest BCUT2D eigenvalue weighted by atomic mass is 15.2. The molecule has 0 aromatic rings. The van der Waals surface area contributed by atoms with Crippen LogP contribution in [0.15, 0.2) is 0 Å². The maximum atomic E-state index is 3.35. The monoisotopic (exact) mass is 139 g/mol. The van der Waals surface area contributed by atoms with Crippen LogP contribution in [0, 0.1) is 12.5 Å². The fraction of sp³-hybridized carbons (Fsp3) is 0.875. The summed E-state index contributed by atoms with van der Waals surface area (Å²) >= 11 is 0. The van der Waals surface area contributed by atoms with Crippen molar-refractivity contribution in [2.24, 2.45) is 5.92 Å². The standard InChI is InChI=1S/C8H15N2/c1-2-8(1)7-10-5-3-9-4-6-10/h7-9H,1-6H2. The molecule has 1 saturated carbocycles. The molecule has 0 amide bonds. The molecular formula is C8H15N2. The van der Waals surface area contributed by atoms with E-state index in [1.165, 1.54) is 39.0 Å². The number of hydrogen-bond acceptors (Lipinski definition) is 2. The van der Waals surface area contributed by atoms with Gasteiger partial charge in [0, 0.05) is 32.7 Å². The summed E-state index contributed by atoms with van der Waals surface area (Å²) in [4.78, 5) is 2.47. The highest BCUT2D eigenvalue weighted by Crippen LogP contribution is 2.32. The van der Waals surface area contributed by atoms with Crippen LogP contribution in [0.2, 0.25) is 0 Å². The molecule has 2 rings (SSSR count). The van der Waals surface area contributed by atoms with Gasteiger partial charge in [-0.2, -0.15) is 0 Å². The minimum absolute atomic E-state index is 0.943. The van der Waals surface area contributed by atoms with E-state index in [0.717, 1.165) is 5.92 Å². The van der Waals surface area contributed by atoms with Gasteiger partial charge in [-0.15, -0.1) is 0 Å². The first-order valence-electron chi connectivity index (χ1n) is 4.25. The second-order valence-electron chi connectivity index (χ2n) is 3.27. The zero-order chi connectivity index (χ0) is 6.81. The lowest BCUT2D eigenvalue weighted by molar-refractivity contribution is 0.279. The Morgan fingerprint density at radius 3 is 2.50 bits per heavy atom. The SMILES string of the molecule is [CH](C1CC1)N1CCNCC1. The molecule has 1 saturated heterocycles. The lowest BCUT2D eigenvalue weighted by Crippen LogP contribution is -2.42. The summed E-state index contributed by atoms with van der Waals surface area (Å²) in [6.45, 7) is 7.21. The number of hydrogen-bond donors (Lipinski definition) is 1. The Labute approximate surface area is 62.6 Å². The van der Waals surface area contributed by atoms with E-state index in [2.05, 4.69) is 16.8 Å². The Morgan fingerprint density at radius 2 is 1.90 bits per heavy atom. The predicted molar refractivity (Wildman–Crippen MR) is 41.5 cm³/mol. The first-order chi connectivity index (χ1) is 4.95. The van der Waals surface area contributed by atoms with Crippen molar-refractivity contribution < 1.29 is 0 Å². The van der Waals surface area contributed by atoms with Crippen LogP contribution in [0.1, 0.15) is 12.8 Å². The Kier molecular flexibility index (Phi) is 1.91. The maximum Gasteiger partial charge on any atom is 0.0283 e. The second kappa shape index (κ2) is 2.89. The van der Waals surface area contributed by atoms with Gasteiger partial charge in [-0.05, 0) is 18.8 Å². The molecule has 2 fully saturated rings. The van der Waals surface area contributed by atoms with Crippen molar-refractivity contribution in [2.45, 2.75) is 12.8 Å². The molecule has 1 aliphatic heterocycles. The van der Waals surface area contributed by atoms with E-state index >= 15 is 0 Å². The third-order valence-corrected chi connectivity index (χ3v) is 2.20. The summed E-state index contributed by atoms with van der Waals surface area (Å²) in [7, 11) is 0. The van der Waals surface area contributed by atoms with Crippen molar-refractivity contribution in [2.75, 3.05) is 26.2 Å². The molecule has 1 heterocycles. The van der Waals surface area contributed by atoms with Gasteiger partial charge in [0.2, 0.25) is 0 Å². The molecule has 0 spiro atoms. The molecule has 10 heavy (non-hydrogen) atoms. The van der Waals surface area contributed by atoms with Crippen molar-refractivity contribution in [3.63, 3.8) is 0 Å². The Hall–Kier alpha value is -0.0800. The molecule has 0 atom stereocenters. The summed E-state index contributed by atoms with van der Waals surface area (Å²) in [6, 6.07) is 0. The quantitative estimate of drug-likeness (QED) is 0.598. The van der Waals surface area contributed by atoms with Gasteiger partial charge in [0.25, 0.3) is 0 Å². The summed E-state index contributed by atoms with van der Waals surface area (Å²) in [6.07, 6.45) is 2.87. The van der Waals surface area contributed by atoms with Crippen LogP contribution >= 0.6 is 0 Å². The van der Waals surface area contributed by atoms with Gasteiger partial charge in [0.15, 0.2) is 0 Å². The van der Waals surface area contributed by atoms with Crippen LogP contribution in [-0.2, 0) is 0 Å². The van der Waals surface area contributed by atoms with Crippen molar-refractivity contribution >= 4 is 0 Å². The lowest BCUT2D eigenvalue weighted by atomic mass is 10.3. The molecule has 2 nitrogen and oxygen atoms in total. The summed E-state index contributed by atoms with van der Waals surface area (Å²) in [5.74, 6) is 0.943. The number of piperazine rings is 1. The normalized spacial score (nSPS) is 28.8. The van der Waals surface area contributed by atoms with Crippen LogP contribution in [0.3, 0.4) is 0 Å². The Balaban J connectivity index is 1.69. The average molecular weight is 139 g/mol. The molecule has 2 aliphatic rings. The highest BCUT2D eigenvalue weighted by Gasteiger charge is 2.25. The van der Waals surface area contributed by atoms with Crippen molar-refractivity contribution in [3.05, 3.63) is 6.54 Å². The third-order valence-electron chi connectivity index (χ3n) is 2.20. The smallest absolute Gasteiger partial charge is 0.0283 e. The maximum absolute atomic E-state index is 3.35. The molecule has 0 unspecified atom stereocenters. The summed E-state index contributed by atoms with van der Waals surface area (Å²) < 4.78 is 0. The Bertz CT molecular complexity index is 104. The minimum atomic E-state index is 0.943. The molecule has 0 aromatic carbocycles. The van der Waals surface area contributed by atoms with E-state index in [0.29, 0.717) is 0 Å². The van der Waals surface area contributed by atoms with Gasteiger partial charge in [0.05, 0.1) is 0 Å². The van der Waals surface area contributed by atoms with Gasteiger partial charge < -0.3 is 5.32 Å². The van der Waals surface area contributed by atoms with Crippen LogP contribution < -0.4 is 5.32 Å². The largest absolute Gasteiger partial charge is 0.314 e. The molecule has 1 radical (unpaired) electrons. The van der Waals surface area contributed by atoms with Gasteiger partial charge in [-0.1, -0.05) is 0 Å². The first-order valence-corrected chi connectivity index (χ1v) is 4.25. The van der Waals surface area contributed by atoms with Crippen molar-refractivity contribution in [3.8, 4) is 0 Å². The molecule has 1 N–H and O–H groups in total. The zero-order valence-electron chi connectivity index (χ0n) is 6.34. The van der Waals surface area contributed by atoms with E-state index < -0.39 is 0 Å². The highest BCUT2D eigenvalue weighted by molar-refractivity contribution is 4.88. The van der Waals surface area contributed by atoms with Gasteiger partial charge >= 0.3 is 0 Å². The minimum Gasteiger partial charge on any atom is -0.314 e. The van der Waals surface area contributed by atoms with E-state index in [9.17, 15) is 0 Å². The predicted octanol–water partition coefficient (Wildman–Crippen LogP) is 0.463. The van der Waals surface area contributed by atoms with E-state index in [1.807, 2.05) is 0 Å². The summed E-state index contributed by atoms with van der Waals surface area (Å²) in [5, 5.41) is 3.35. The van der Waals surface area contributed by atoms with Crippen LogP contribution in [0.25, 0.3) is 0 Å². The van der Waals surface area contributed by atoms with Gasteiger partial charge in [-0.25, -0.2) is 0 Å². The van der Waals surface area contributed by atoms with Crippen molar-refractivity contribution in [1.82, 2.24) is 10.2 Å². The second-order valence-corrected chi connectivity index (χ2v) is 3.27. The molecule has 1 aliphatic carbocycles. The molecular weight excluding hydrogens is 124 g/mol. The molecule has 0 aromatic heterocycles. The topological polar surface area (TPSA) is 15.3 Å². The van der Waals surface area contributed by atoms with Crippen molar-refractivity contribution in [1.29, 1.82) is 0 Å². The number of nitrogens with zero attached hydrogens (tertiary/aromatic N) is 1. The zero-order valence-corrected chi connectivity index (χ0v) is 6.34. The number of rotatable bonds is 2. The number of nitrogens with one attached hydrogen (secondary N) is 1. The van der Waals surface area contributed by atoms with Crippen LogP contribution in [0.5, 0.6) is 0 Å². The molecule has 0 bridgehead atoms. The van der Waals surface area contributed by atoms with E-state index in [-0.39, 0.29) is 0 Å². The summed E-state index contributed by atoms with van der Waals surface area (Å²) in [5.41, 5.74) is 0. The van der Waals surface area contributed by atoms with Gasteiger partial charge in [0.1, 0.15) is 0 Å². The molecule has 2 heteroatoms. The van der Waals surface area contributed by atoms with Crippen LogP contribution in [-0.4, -0.2) is 31.1 Å². The Morgan fingerprint density at radius 1 is 1.20 bits per heavy atom. The molecule has 57 valence electrons. The average Bonchev–Trinajstić information content (AvgIpc) is 2.74. The third kappa shape index (κ3) is 1.70.